The van der Waals surface area contributed by atoms with Crippen molar-refractivity contribution in [1.29, 1.82) is 0 Å². The van der Waals surface area contributed by atoms with E-state index in [9.17, 15) is 22.8 Å². The quantitative estimate of drug-likeness (QED) is 0.497. The standard InChI is InChI=1S/C24H30F3N3O4/c1-23(2,3)34-22(32)30(15-19-6-4-11-28-14-19)13-5-12-29-21(31)20-9-7-18(8-10-20)16-33-17-24(25,26)27/h4,6-11,14H,5,12-13,15-17H2,1-3H3,(H,29,31). The molecule has 0 spiro atoms. The third kappa shape index (κ3) is 10.7. The van der Waals surface area contributed by atoms with Crippen molar-refractivity contribution in [2.24, 2.45) is 0 Å². The Morgan fingerprint density at radius 3 is 2.35 bits per heavy atom. The number of aromatic nitrogens is 1. The van der Waals surface area contributed by atoms with Crippen molar-refractivity contribution < 1.29 is 32.2 Å². The van der Waals surface area contributed by atoms with Gasteiger partial charge in [0, 0.05) is 31.0 Å². The molecule has 2 amide bonds. The topological polar surface area (TPSA) is 80.8 Å². The van der Waals surface area contributed by atoms with E-state index in [-0.39, 0.29) is 12.5 Å². The maximum Gasteiger partial charge on any atom is 0.411 e. The van der Waals surface area contributed by atoms with Crippen LogP contribution in [0.1, 0.15) is 48.7 Å². The van der Waals surface area contributed by atoms with Gasteiger partial charge in [0.15, 0.2) is 0 Å². The SMILES string of the molecule is CC(C)(C)OC(=O)N(CCCNC(=O)c1ccc(COCC(F)(F)F)cc1)Cc1cccnc1. The summed E-state index contributed by atoms with van der Waals surface area (Å²) in [5.41, 5.74) is 1.13. The van der Waals surface area contributed by atoms with Crippen LogP contribution in [0.2, 0.25) is 0 Å². The predicted molar refractivity (Wildman–Crippen MR) is 120 cm³/mol. The summed E-state index contributed by atoms with van der Waals surface area (Å²) >= 11 is 0. The molecule has 0 saturated heterocycles. The molecule has 0 saturated carbocycles. The van der Waals surface area contributed by atoms with Crippen LogP contribution in [0.3, 0.4) is 0 Å². The highest BCUT2D eigenvalue weighted by molar-refractivity contribution is 5.94. The minimum absolute atomic E-state index is 0.196. The van der Waals surface area contributed by atoms with Crippen molar-refractivity contribution in [3.05, 3.63) is 65.5 Å². The van der Waals surface area contributed by atoms with E-state index in [0.717, 1.165) is 5.56 Å². The number of pyridine rings is 1. The molecule has 1 aromatic carbocycles. The number of alkyl halides is 3. The molecule has 0 aliphatic heterocycles. The van der Waals surface area contributed by atoms with Crippen molar-refractivity contribution in [1.82, 2.24) is 15.2 Å². The lowest BCUT2D eigenvalue weighted by molar-refractivity contribution is -0.176. The number of halogens is 3. The third-order valence-electron chi connectivity index (χ3n) is 4.39. The van der Waals surface area contributed by atoms with Crippen LogP contribution in [0.25, 0.3) is 0 Å². The van der Waals surface area contributed by atoms with Gasteiger partial charge in [0.1, 0.15) is 12.2 Å². The van der Waals surface area contributed by atoms with Crippen molar-refractivity contribution in [2.45, 2.75) is 52.1 Å². The van der Waals surface area contributed by atoms with Crippen LogP contribution in [0.5, 0.6) is 0 Å². The lowest BCUT2D eigenvalue weighted by Gasteiger charge is -2.27. The molecule has 2 rings (SSSR count). The highest BCUT2D eigenvalue weighted by Gasteiger charge is 2.27. The molecule has 0 unspecified atom stereocenters. The second-order valence-corrected chi connectivity index (χ2v) is 8.68. The van der Waals surface area contributed by atoms with Gasteiger partial charge in [-0.2, -0.15) is 13.2 Å². The average Bonchev–Trinajstić information content (AvgIpc) is 2.75. The number of nitrogens with one attached hydrogen (secondary N) is 1. The summed E-state index contributed by atoms with van der Waals surface area (Å²) in [5.74, 6) is -0.321. The number of hydrogen-bond acceptors (Lipinski definition) is 5. The molecule has 1 aromatic heterocycles. The fraction of sp³-hybridized carbons (Fsp3) is 0.458. The number of amides is 2. The average molecular weight is 482 g/mol. The van der Waals surface area contributed by atoms with Gasteiger partial charge in [0.05, 0.1) is 13.2 Å². The Kier molecular flexibility index (Phi) is 9.85. The van der Waals surface area contributed by atoms with Gasteiger partial charge in [0.2, 0.25) is 0 Å². The Bertz CT molecular complexity index is 914. The Morgan fingerprint density at radius 1 is 1.06 bits per heavy atom. The van der Waals surface area contributed by atoms with E-state index < -0.39 is 24.5 Å². The zero-order chi connectivity index (χ0) is 25.2. The zero-order valence-corrected chi connectivity index (χ0v) is 19.5. The Hall–Kier alpha value is -3.14. The maximum absolute atomic E-state index is 12.6. The minimum atomic E-state index is -4.38. The summed E-state index contributed by atoms with van der Waals surface area (Å²) in [6.45, 7) is 4.87. The number of nitrogens with zero attached hydrogens (tertiary/aromatic N) is 2. The molecule has 0 aliphatic carbocycles. The van der Waals surface area contributed by atoms with Crippen LogP contribution in [0.4, 0.5) is 18.0 Å². The van der Waals surface area contributed by atoms with E-state index in [2.05, 4.69) is 15.0 Å². The molecular formula is C24H30F3N3O4. The summed E-state index contributed by atoms with van der Waals surface area (Å²) < 4.78 is 46.5. The molecule has 1 N–H and O–H groups in total. The van der Waals surface area contributed by atoms with Crippen LogP contribution in [-0.2, 0) is 22.6 Å². The van der Waals surface area contributed by atoms with Crippen LogP contribution in [0, 0.1) is 0 Å². The molecule has 0 bridgehead atoms. The number of ether oxygens (including phenoxy) is 2. The van der Waals surface area contributed by atoms with Gasteiger partial charge in [-0.15, -0.1) is 0 Å². The first-order valence-electron chi connectivity index (χ1n) is 10.8. The van der Waals surface area contributed by atoms with Crippen molar-refractivity contribution in [3.63, 3.8) is 0 Å². The van der Waals surface area contributed by atoms with Gasteiger partial charge in [0.25, 0.3) is 5.91 Å². The van der Waals surface area contributed by atoms with E-state index in [0.29, 0.717) is 37.2 Å². The summed E-state index contributed by atoms with van der Waals surface area (Å²) in [4.78, 5) is 30.6. The number of hydrogen-bond donors (Lipinski definition) is 1. The molecular weight excluding hydrogens is 451 g/mol. The second-order valence-electron chi connectivity index (χ2n) is 8.68. The number of carbonyl (C=O) groups is 2. The van der Waals surface area contributed by atoms with Crippen molar-refractivity contribution in [3.8, 4) is 0 Å². The van der Waals surface area contributed by atoms with Gasteiger partial charge in [-0.3, -0.25) is 9.78 Å². The molecule has 0 aliphatic rings. The zero-order valence-electron chi connectivity index (χ0n) is 19.5. The molecule has 0 fully saturated rings. The van der Waals surface area contributed by atoms with E-state index in [1.165, 1.54) is 12.1 Å². The lowest BCUT2D eigenvalue weighted by atomic mass is 10.1. The third-order valence-corrected chi connectivity index (χ3v) is 4.39. The largest absolute Gasteiger partial charge is 0.444 e. The highest BCUT2D eigenvalue weighted by atomic mass is 19.4. The first-order valence-corrected chi connectivity index (χ1v) is 10.8. The fourth-order valence-electron chi connectivity index (χ4n) is 2.88. The van der Waals surface area contributed by atoms with E-state index in [4.69, 9.17) is 4.74 Å². The van der Waals surface area contributed by atoms with Crippen LogP contribution in [-0.4, -0.2) is 53.4 Å². The summed E-state index contributed by atoms with van der Waals surface area (Å²) in [6, 6.07) is 9.79. The Morgan fingerprint density at radius 2 is 1.76 bits per heavy atom. The van der Waals surface area contributed by atoms with E-state index in [1.54, 1.807) is 56.3 Å². The maximum atomic E-state index is 12.6. The smallest absolute Gasteiger partial charge is 0.411 e. The molecule has 186 valence electrons. The summed E-state index contributed by atoms with van der Waals surface area (Å²) in [6.07, 6.45) is -1.01. The van der Waals surface area contributed by atoms with Crippen molar-refractivity contribution in [2.75, 3.05) is 19.7 Å². The van der Waals surface area contributed by atoms with Gasteiger partial charge in [-0.05, 0) is 56.5 Å². The first-order chi connectivity index (χ1) is 15.9. The molecule has 0 atom stereocenters. The molecule has 10 heteroatoms. The number of carbonyl (C=O) groups excluding carboxylic acids is 2. The second kappa shape index (κ2) is 12.4. The Balaban J connectivity index is 1.83. The van der Waals surface area contributed by atoms with E-state index in [1.807, 2.05) is 6.07 Å². The first kappa shape index (κ1) is 27.1. The van der Waals surface area contributed by atoms with Gasteiger partial charge < -0.3 is 19.7 Å². The fourth-order valence-corrected chi connectivity index (χ4v) is 2.88. The van der Waals surface area contributed by atoms with Gasteiger partial charge >= 0.3 is 12.3 Å². The summed E-state index contributed by atoms with van der Waals surface area (Å²) in [5, 5.41) is 2.78. The summed E-state index contributed by atoms with van der Waals surface area (Å²) in [7, 11) is 0. The monoisotopic (exact) mass is 481 g/mol. The molecule has 7 nitrogen and oxygen atoms in total. The lowest BCUT2D eigenvalue weighted by Crippen LogP contribution is -2.38. The molecule has 0 radical (unpaired) electrons. The van der Waals surface area contributed by atoms with Crippen LogP contribution in [0.15, 0.2) is 48.8 Å². The normalized spacial score (nSPS) is 11.7. The van der Waals surface area contributed by atoms with Crippen LogP contribution >= 0.6 is 0 Å². The molecule has 2 aromatic rings. The van der Waals surface area contributed by atoms with Gasteiger partial charge in [-0.1, -0.05) is 18.2 Å². The van der Waals surface area contributed by atoms with Crippen LogP contribution < -0.4 is 5.32 Å². The predicted octanol–water partition coefficient (Wildman–Crippen LogP) is 4.72. The minimum Gasteiger partial charge on any atom is -0.444 e. The number of rotatable bonds is 10. The van der Waals surface area contributed by atoms with Crippen molar-refractivity contribution >= 4 is 12.0 Å². The molecule has 1 heterocycles. The van der Waals surface area contributed by atoms with E-state index >= 15 is 0 Å². The molecule has 34 heavy (non-hydrogen) atoms. The Labute approximate surface area is 197 Å². The highest BCUT2D eigenvalue weighted by Crippen LogP contribution is 2.16. The van der Waals surface area contributed by atoms with Gasteiger partial charge in [-0.25, -0.2) is 4.79 Å². The number of benzene rings is 1.